The van der Waals surface area contributed by atoms with E-state index < -0.39 is 21.8 Å². The molecule has 2 heterocycles. The van der Waals surface area contributed by atoms with Gasteiger partial charge in [-0.1, -0.05) is 29.8 Å². The third kappa shape index (κ3) is 7.77. The SMILES string of the molecule is COc1ccc(CN(c2ccncn2)S(=O)(=O)c2cnc(N[C@H]3CC[C@H](c4cccc(C(F)(F)F)c4)C[C@@H]3N(C)C)c(Cl)c2)c(OC)c1. The summed E-state index contributed by atoms with van der Waals surface area (Å²) in [5.74, 6) is 1.35. The zero-order chi connectivity index (χ0) is 34.6. The van der Waals surface area contributed by atoms with Gasteiger partial charge in [-0.25, -0.2) is 27.7 Å². The highest BCUT2D eigenvalue weighted by atomic mass is 35.5. The number of sulfonamides is 1. The molecule has 3 atom stereocenters. The number of anilines is 2. The molecule has 10 nitrogen and oxygen atoms in total. The average molecular weight is 705 g/mol. The summed E-state index contributed by atoms with van der Waals surface area (Å²) in [5.41, 5.74) is 0.559. The Morgan fingerprint density at radius 2 is 1.81 bits per heavy atom. The highest BCUT2D eigenvalue weighted by Crippen LogP contribution is 2.39. The molecule has 0 saturated heterocycles. The number of aromatic nitrogens is 3. The number of likely N-dealkylation sites (N-methyl/N-ethyl adjacent to an activating group) is 1. The van der Waals surface area contributed by atoms with Crippen molar-refractivity contribution in [3.63, 3.8) is 0 Å². The minimum absolute atomic E-state index is 0.0627. The fourth-order valence-corrected chi connectivity index (χ4v) is 7.64. The van der Waals surface area contributed by atoms with Crippen molar-refractivity contribution in [2.45, 2.75) is 54.9 Å². The molecule has 1 aliphatic rings. The highest BCUT2D eigenvalue weighted by molar-refractivity contribution is 7.92. The van der Waals surface area contributed by atoms with Gasteiger partial charge in [0, 0.05) is 42.2 Å². The van der Waals surface area contributed by atoms with E-state index in [0.717, 1.165) is 10.4 Å². The van der Waals surface area contributed by atoms with E-state index in [0.29, 0.717) is 47.7 Å². The number of hydrogen-bond acceptors (Lipinski definition) is 9. The van der Waals surface area contributed by atoms with Gasteiger partial charge in [-0.2, -0.15) is 13.2 Å². The highest BCUT2D eigenvalue weighted by Gasteiger charge is 2.36. The van der Waals surface area contributed by atoms with Crippen molar-refractivity contribution in [2.24, 2.45) is 0 Å². The number of nitrogens with zero attached hydrogens (tertiary/aromatic N) is 5. The lowest BCUT2D eigenvalue weighted by atomic mass is 9.78. The lowest BCUT2D eigenvalue weighted by Gasteiger charge is -2.40. The van der Waals surface area contributed by atoms with Gasteiger partial charge < -0.3 is 19.7 Å². The lowest BCUT2D eigenvalue weighted by Crippen LogP contribution is -2.47. The number of benzene rings is 2. The minimum atomic E-state index is -4.41. The van der Waals surface area contributed by atoms with Crippen LogP contribution in [0.15, 0.2) is 78.2 Å². The second-order valence-electron chi connectivity index (χ2n) is 11.7. The van der Waals surface area contributed by atoms with Crippen LogP contribution < -0.4 is 19.1 Å². The van der Waals surface area contributed by atoms with E-state index in [1.807, 2.05) is 19.0 Å². The molecule has 256 valence electrons. The van der Waals surface area contributed by atoms with E-state index in [1.54, 1.807) is 24.3 Å². The van der Waals surface area contributed by atoms with Crippen LogP contribution in [-0.2, 0) is 22.7 Å². The van der Waals surface area contributed by atoms with Crippen molar-refractivity contribution in [3.8, 4) is 11.5 Å². The summed E-state index contributed by atoms with van der Waals surface area (Å²) in [4.78, 5) is 14.4. The topological polar surface area (TPSA) is 110 Å². The lowest BCUT2D eigenvalue weighted by molar-refractivity contribution is -0.137. The van der Waals surface area contributed by atoms with Crippen molar-refractivity contribution in [2.75, 3.05) is 37.9 Å². The van der Waals surface area contributed by atoms with Crippen molar-refractivity contribution in [1.82, 2.24) is 19.9 Å². The van der Waals surface area contributed by atoms with Crippen molar-refractivity contribution >= 4 is 33.3 Å². The van der Waals surface area contributed by atoms with Crippen LogP contribution in [0.25, 0.3) is 0 Å². The Labute approximate surface area is 282 Å². The van der Waals surface area contributed by atoms with Crippen LogP contribution in [-0.4, -0.2) is 68.7 Å². The summed E-state index contributed by atoms with van der Waals surface area (Å²) in [6.07, 6.45) is 1.41. The van der Waals surface area contributed by atoms with E-state index in [2.05, 4.69) is 20.3 Å². The molecule has 4 aromatic rings. The van der Waals surface area contributed by atoms with Crippen molar-refractivity contribution in [1.29, 1.82) is 0 Å². The van der Waals surface area contributed by atoms with Crippen LogP contribution in [0.3, 0.4) is 0 Å². The van der Waals surface area contributed by atoms with Gasteiger partial charge in [-0.3, -0.25) is 0 Å². The molecule has 0 radical (unpaired) electrons. The second kappa shape index (κ2) is 14.5. The Morgan fingerprint density at radius 3 is 2.46 bits per heavy atom. The van der Waals surface area contributed by atoms with Gasteiger partial charge in [0.1, 0.15) is 34.4 Å². The molecule has 0 spiro atoms. The number of nitrogens with one attached hydrogen (secondary N) is 1. The summed E-state index contributed by atoms with van der Waals surface area (Å²) in [7, 11) is 2.58. The number of methoxy groups -OCH3 is 2. The fraction of sp³-hybridized carbons (Fsp3) is 0.364. The first-order chi connectivity index (χ1) is 22.8. The van der Waals surface area contributed by atoms with Crippen LogP contribution in [0.4, 0.5) is 24.8 Å². The Hall–Kier alpha value is -4.14. The van der Waals surface area contributed by atoms with E-state index in [9.17, 15) is 21.6 Å². The Bertz CT molecular complexity index is 1830. The number of hydrogen-bond donors (Lipinski definition) is 1. The quantitative estimate of drug-likeness (QED) is 0.184. The molecule has 1 saturated carbocycles. The normalized spacial score (nSPS) is 18.4. The predicted octanol–water partition coefficient (Wildman–Crippen LogP) is 6.63. The summed E-state index contributed by atoms with van der Waals surface area (Å²) in [6, 6.07) is 13.2. The first-order valence-corrected chi connectivity index (χ1v) is 16.9. The molecule has 48 heavy (non-hydrogen) atoms. The second-order valence-corrected chi connectivity index (χ2v) is 13.9. The van der Waals surface area contributed by atoms with E-state index >= 15 is 0 Å². The zero-order valence-electron chi connectivity index (χ0n) is 26.8. The predicted molar refractivity (Wildman–Crippen MR) is 177 cm³/mol. The molecule has 5 rings (SSSR count). The average Bonchev–Trinajstić information content (AvgIpc) is 3.08. The molecule has 0 unspecified atom stereocenters. The van der Waals surface area contributed by atoms with Crippen LogP contribution in [0.2, 0.25) is 5.02 Å². The molecule has 2 aromatic heterocycles. The van der Waals surface area contributed by atoms with Crippen LogP contribution in [0, 0.1) is 0 Å². The largest absolute Gasteiger partial charge is 0.497 e. The summed E-state index contributed by atoms with van der Waals surface area (Å²) < 4.78 is 80.3. The number of halogens is 4. The Balaban J connectivity index is 1.38. The third-order valence-electron chi connectivity index (χ3n) is 8.52. The Kier molecular flexibility index (Phi) is 10.7. The fourth-order valence-electron chi connectivity index (χ4n) is 5.99. The number of ether oxygens (including phenoxy) is 2. The molecular formula is C33H36ClF3N6O4S. The molecule has 1 N–H and O–H groups in total. The zero-order valence-corrected chi connectivity index (χ0v) is 28.4. The molecular weight excluding hydrogens is 669 g/mol. The summed E-state index contributed by atoms with van der Waals surface area (Å²) >= 11 is 6.67. The molecule has 0 aliphatic heterocycles. The maximum Gasteiger partial charge on any atom is 0.416 e. The number of pyridine rings is 1. The van der Waals surface area contributed by atoms with Gasteiger partial charge in [0.05, 0.1) is 31.4 Å². The summed E-state index contributed by atoms with van der Waals surface area (Å²) in [6.45, 7) is -0.121. The van der Waals surface area contributed by atoms with Gasteiger partial charge >= 0.3 is 6.18 Å². The smallest absolute Gasteiger partial charge is 0.416 e. The molecule has 1 aliphatic carbocycles. The van der Waals surface area contributed by atoms with Crippen molar-refractivity contribution in [3.05, 3.63) is 95.0 Å². The number of alkyl halides is 3. The van der Waals surface area contributed by atoms with Gasteiger partial charge in [-0.15, -0.1) is 0 Å². The van der Waals surface area contributed by atoms with Gasteiger partial charge in [-0.05, 0) is 69.1 Å². The molecule has 0 bridgehead atoms. The maximum absolute atomic E-state index is 14.1. The Morgan fingerprint density at radius 1 is 1.02 bits per heavy atom. The molecule has 0 amide bonds. The first kappa shape index (κ1) is 35.2. The monoisotopic (exact) mass is 704 g/mol. The van der Waals surface area contributed by atoms with E-state index in [1.165, 1.54) is 57.2 Å². The summed E-state index contributed by atoms with van der Waals surface area (Å²) in [5, 5.41) is 3.47. The third-order valence-corrected chi connectivity index (χ3v) is 10.5. The van der Waals surface area contributed by atoms with Crippen LogP contribution in [0.5, 0.6) is 11.5 Å². The van der Waals surface area contributed by atoms with Crippen LogP contribution >= 0.6 is 11.6 Å². The van der Waals surface area contributed by atoms with Gasteiger partial charge in [0.15, 0.2) is 0 Å². The molecule has 15 heteroatoms. The van der Waals surface area contributed by atoms with Gasteiger partial charge in [0.2, 0.25) is 0 Å². The van der Waals surface area contributed by atoms with Crippen molar-refractivity contribution < 1.29 is 31.1 Å². The van der Waals surface area contributed by atoms with Gasteiger partial charge in [0.25, 0.3) is 10.0 Å². The van der Waals surface area contributed by atoms with E-state index in [-0.39, 0.29) is 40.3 Å². The first-order valence-electron chi connectivity index (χ1n) is 15.1. The standard InChI is InChI=1S/C33H36ClF3N6O4S/c1-42(2)29-15-22(21-6-5-7-24(14-21)33(35,36)37)9-11-28(29)41-32-27(34)17-26(18-39-32)48(44,45)43(31-12-13-38-20-40-31)19-23-8-10-25(46-3)16-30(23)47-4/h5-8,10,12-14,16-18,20,22,28-29H,9,11,15,19H2,1-4H3,(H,39,41)/t22-,28-,29-/m0/s1. The number of rotatable bonds is 11. The van der Waals surface area contributed by atoms with Crippen LogP contribution in [0.1, 0.15) is 41.9 Å². The maximum atomic E-state index is 14.1. The molecule has 2 aromatic carbocycles. The molecule has 1 fully saturated rings. The minimum Gasteiger partial charge on any atom is -0.497 e. The van der Waals surface area contributed by atoms with E-state index in [4.69, 9.17) is 21.1 Å².